The Morgan fingerprint density at radius 2 is 1.73 bits per heavy atom. The fourth-order valence-electron chi connectivity index (χ4n) is 2.61. The number of aromatic nitrogens is 1. The third-order valence-corrected chi connectivity index (χ3v) is 5.06. The molecule has 1 heterocycles. The molecule has 0 N–H and O–H groups in total. The van der Waals surface area contributed by atoms with Gasteiger partial charge in [-0.05, 0) is 42.8 Å². The number of hydrogen-bond acceptors (Lipinski definition) is 2. The Bertz CT molecular complexity index is 740. The first kappa shape index (κ1) is 21.1. The summed E-state index contributed by atoms with van der Waals surface area (Å²) in [5.74, 6) is -6.16. The molecular weight excluding hydrogens is 407 g/mol. The average molecular weight is 420 g/mol. The molecule has 2 rings (SSSR count). The number of alkyl halides is 7. The molecule has 0 amide bonds. The summed E-state index contributed by atoms with van der Waals surface area (Å²) >= 11 is 4.90. The van der Waals surface area contributed by atoms with E-state index in [1.807, 2.05) is 0 Å². The van der Waals surface area contributed by atoms with E-state index in [1.54, 1.807) is 19.9 Å². The lowest BCUT2D eigenvalue weighted by Crippen LogP contribution is -2.50. The van der Waals surface area contributed by atoms with Gasteiger partial charge < -0.3 is 0 Å². The van der Waals surface area contributed by atoms with Gasteiger partial charge in [0.05, 0.1) is 0 Å². The van der Waals surface area contributed by atoms with E-state index in [2.05, 4.69) is 4.98 Å². The predicted octanol–water partition coefficient (Wildman–Crippen LogP) is 6.75. The van der Waals surface area contributed by atoms with Gasteiger partial charge in [-0.3, -0.25) is 0 Å². The van der Waals surface area contributed by atoms with Crippen molar-refractivity contribution in [3.8, 4) is 0 Å². The standard InChI is InChI=1S/C16H13ClF7NS/c1-9-5-11(26-16(23,24)14(18,19)15(20,21)22)7-13(2,6-9)10-3-4-12(17)25-8-10/h3-5,7-8H,6H2,1-2H3. The van der Waals surface area contributed by atoms with Crippen LogP contribution in [0.15, 0.2) is 41.0 Å². The lowest BCUT2D eigenvalue weighted by Gasteiger charge is -2.33. The molecule has 26 heavy (non-hydrogen) atoms. The number of thioether (sulfide) groups is 1. The summed E-state index contributed by atoms with van der Waals surface area (Å²) in [5.41, 5.74) is 0.222. The summed E-state index contributed by atoms with van der Waals surface area (Å²) in [6, 6.07) is 3.07. The molecule has 1 aliphatic carbocycles. The molecule has 0 bridgehead atoms. The number of rotatable bonds is 4. The third-order valence-electron chi connectivity index (χ3n) is 3.85. The quantitative estimate of drug-likeness (QED) is 0.395. The lowest BCUT2D eigenvalue weighted by molar-refractivity contribution is -0.330. The second kappa shape index (κ2) is 6.74. The van der Waals surface area contributed by atoms with Crippen molar-refractivity contribution in [2.45, 2.75) is 43.0 Å². The normalized spacial score (nSPS) is 22.1. The van der Waals surface area contributed by atoms with Gasteiger partial charge in [-0.1, -0.05) is 36.2 Å². The van der Waals surface area contributed by atoms with E-state index in [4.69, 9.17) is 11.6 Å². The molecule has 1 aromatic heterocycles. The van der Waals surface area contributed by atoms with Crippen molar-refractivity contribution >= 4 is 23.4 Å². The highest BCUT2D eigenvalue weighted by Gasteiger charge is 2.73. The minimum absolute atomic E-state index is 0.204. The Hall–Kier alpha value is -1.22. The number of nitrogens with zero attached hydrogens (tertiary/aromatic N) is 1. The van der Waals surface area contributed by atoms with E-state index in [0.717, 1.165) is 0 Å². The van der Waals surface area contributed by atoms with Crippen LogP contribution in [0, 0.1) is 0 Å². The van der Waals surface area contributed by atoms with E-state index in [0.29, 0.717) is 17.6 Å². The monoisotopic (exact) mass is 419 g/mol. The molecule has 144 valence electrons. The first-order chi connectivity index (χ1) is 11.7. The smallest absolute Gasteiger partial charge is 0.244 e. The van der Waals surface area contributed by atoms with Crippen LogP contribution in [0.3, 0.4) is 0 Å². The summed E-state index contributed by atoms with van der Waals surface area (Å²) in [6.45, 7) is 3.23. The Kier molecular flexibility index (Phi) is 5.47. The van der Waals surface area contributed by atoms with Crippen molar-refractivity contribution in [3.05, 3.63) is 51.7 Å². The van der Waals surface area contributed by atoms with Gasteiger partial charge in [-0.15, -0.1) is 0 Å². The van der Waals surface area contributed by atoms with Gasteiger partial charge in [0.2, 0.25) is 0 Å². The van der Waals surface area contributed by atoms with Gasteiger partial charge in [0.25, 0.3) is 0 Å². The largest absolute Gasteiger partial charge is 0.460 e. The van der Waals surface area contributed by atoms with E-state index in [1.165, 1.54) is 24.4 Å². The maximum absolute atomic E-state index is 13.7. The molecule has 0 radical (unpaired) electrons. The van der Waals surface area contributed by atoms with E-state index < -0.39 is 34.5 Å². The van der Waals surface area contributed by atoms with Crippen molar-refractivity contribution < 1.29 is 30.7 Å². The van der Waals surface area contributed by atoms with Crippen LogP contribution >= 0.6 is 23.4 Å². The fourth-order valence-corrected chi connectivity index (χ4v) is 3.85. The first-order valence-electron chi connectivity index (χ1n) is 7.21. The molecular formula is C16H13ClF7NS. The van der Waals surface area contributed by atoms with E-state index in [9.17, 15) is 30.7 Å². The summed E-state index contributed by atoms with van der Waals surface area (Å²) in [6.07, 6.45) is -2.17. The average Bonchev–Trinajstić information content (AvgIpc) is 2.44. The molecule has 0 fully saturated rings. The van der Waals surface area contributed by atoms with Crippen LogP contribution in [0.4, 0.5) is 30.7 Å². The predicted molar refractivity (Wildman–Crippen MR) is 86.6 cm³/mol. The zero-order chi connectivity index (χ0) is 20.0. The summed E-state index contributed by atoms with van der Waals surface area (Å²) in [7, 11) is 0. The first-order valence-corrected chi connectivity index (χ1v) is 8.41. The molecule has 1 aliphatic rings. The molecule has 1 nitrogen and oxygen atoms in total. The third kappa shape index (κ3) is 4.03. The fraction of sp³-hybridized carbons (Fsp3) is 0.438. The van der Waals surface area contributed by atoms with Crippen molar-refractivity contribution in [1.29, 1.82) is 0 Å². The van der Waals surface area contributed by atoms with Crippen LogP contribution in [0.1, 0.15) is 25.8 Å². The van der Waals surface area contributed by atoms with Gasteiger partial charge in [-0.2, -0.15) is 30.7 Å². The van der Waals surface area contributed by atoms with Gasteiger partial charge in [0.15, 0.2) is 0 Å². The second-order valence-corrected chi connectivity index (χ2v) is 7.77. The topological polar surface area (TPSA) is 12.9 Å². The highest BCUT2D eigenvalue weighted by atomic mass is 35.5. The van der Waals surface area contributed by atoms with Gasteiger partial charge in [0, 0.05) is 16.5 Å². The lowest BCUT2D eigenvalue weighted by atomic mass is 9.75. The second-order valence-electron chi connectivity index (χ2n) is 6.19. The van der Waals surface area contributed by atoms with Crippen LogP contribution in [-0.4, -0.2) is 22.3 Å². The zero-order valence-corrected chi connectivity index (χ0v) is 15.0. The molecule has 0 aromatic carbocycles. The SMILES string of the molecule is CC1=CC(SC(F)(F)C(F)(F)C(F)(F)F)=CC(C)(c2ccc(Cl)nc2)C1. The highest BCUT2D eigenvalue weighted by molar-refractivity contribution is 8.04. The number of hydrogen-bond donors (Lipinski definition) is 0. The van der Waals surface area contributed by atoms with Crippen LogP contribution in [0.2, 0.25) is 5.15 Å². The van der Waals surface area contributed by atoms with Gasteiger partial charge in [0.1, 0.15) is 5.15 Å². The Morgan fingerprint density at radius 1 is 1.12 bits per heavy atom. The Balaban J connectivity index is 2.39. The highest BCUT2D eigenvalue weighted by Crippen LogP contribution is 2.55. The molecule has 0 spiro atoms. The van der Waals surface area contributed by atoms with Crippen molar-refractivity contribution in [2.75, 3.05) is 0 Å². The molecule has 0 saturated heterocycles. The molecule has 0 aliphatic heterocycles. The molecule has 0 saturated carbocycles. The molecule has 1 aromatic rings. The minimum Gasteiger partial charge on any atom is -0.244 e. The zero-order valence-electron chi connectivity index (χ0n) is 13.5. The number of pyridine rings is 1. The summed E-state index contributed by atoms with van der Waals surface area (Å²) in [5, 5.41) is -5.15. The number of allylic oxidation sites excluding steroid dienone is 3. The maximum Gasteiger partial charge on any atom is 0.460 e. The van der Waals surface area contributed by atoms with Crippen LogP contribution in [0.5, 0.6) is 0 Å². The van der Waals surface area contributed by atoms with Crippen molar-refractivity contribution in [3.63, 3.8) is 0 Å². The Morgan fingerprint density at radius 3 is 2.23 bits per heavy atom. The van der Waals surface area contributed by atoms with Crippen molar-refractivity contribution in [2.24, 2.45) is 0 Å². The van der Waals surface area contributed by atoms with E-state index in [-0.39, 0.29) is 10.1 Å². The Labute approximate surface area is 154 Å². The van der Waals surface area contributed by atoms with Crippen molar-refractivity contribution in [1.82, 2.24) is 4.98 Å². The van der Waals surface area contributed by atoms with Crippen LogP contribution in [0.25, 0.3) is 0 Å². The van der Waals surface area contributed by atoms with Crippen LogP contribution in [-0.2, 0) is 5.41 Å². The molecule has 1 unspecified atom stereocenters. The van der Waals surface area contributed by atoms with E-state index >= 15 is 0 Å². The number of halogens is 8. The minimum atomic E-state index is -6.36. The maximum atomic E-state index is 13.7. The summed E-state index contributed by atoms with van der Waals surface area (Å²) in [4.78, 5) is 3.51. The van der Waals surface area contributed by atoms with Crippen LogP contribution < -0.4 is 0 Å². The molecule has 10 heteroatoms. The summed E-state index contributed by atoms with van der Waals surface area (Å²) < 4.78 is 90.7. The molecule has 1 atom stereocenters. The van der Waals surface area contributed by atoms with Gasteiger partial charge in [-0.25, -0.2) is 4.98 Å². The van der Waals surface area contributed by atoms with Gasteiger partial charge >= 0.3 is 17.4 Å².